The molecule has 0 saturated heterocycles. The zero-order valence-electron chi connectivity index (χ0n) is 14.9. The number of hydrogen-bond acceptors (Lipinski definition) is 5. The molecule has 0 aliphatic heterocycles. The number of alkyl halides is 6. The molecule has 0 fully saturated rings. The maximum atomic E-state index is 13.2. The number of allylic oxidation sites excluding steroid dienone is 1. The summed E-state index contributed by atoms with van der Waals surface area (Å²) in [5.74, 6) is -1.02. The first-order valence-electron chi connectivity index (χ1n) is 7.56. The number of sulfone groups is 1. The number of ketones is 1. The van der Waals surface area contributed by atoms with E-state index in [-0.39, 0.29) is 4.68 Å². The number of nitriles is 1. The lowest BCUT2D eigenvalue weighted by Gasteiger charge is -2.16. The van der Waals surface area contributed by atoms with Crippen LogP contribution in [0.4, 0.5) is 26.3 Å². The number of halogens is 8. The third-order valence-electron chi connectivity index (χ3n) is 3.79. The van der Waals surface area contributed by atoms with E-state index in [0.29, 0.717) is 12.1 Å². The van der Waals surface area contributed by atoms with Crippen LogP contribution in [0.2, 0.25) is 10.0 Å². The minimum atomic E-state index is -6.26. The summed E-state index contributed by atoms with van der Waals surface area (Å²) in [5.41, 5.74) is -11.2. The molecule has 1 aromatic heterocycles. The van der Waals surface area contributed by atoms with Gasteiger partial charge in [-0.05, 0) is 19.1 Å². The largest absolute Gasteiger partial charge is 0.502 e. The van der Waals surface area contributed by atoms with E-state index in [9.17, 15) is 39.6 Å². The summed E-state index contributed by atoms with van der Waals surface area (Å²) in [6, 6.07) is 1.85. The predicted molar refractivity (Wildman–Crippen MR) is 96.3 cm³/mol. The number of benzene rings is 1. The number of hydrogen-bond donors (Lipinski definition) is 0. The van der Waals surface area contributed by atoms with Gasteiger partial charge in [0.05, 0.1) is 21.3 Å². The monoisotopic (exact) mass is 505 g/mol. The van der Waals surface area contributed by atoms with Crippen LogP contribution in [0.1, 0.15) is 23.9 Å². The summed E-state index contributed by atoms with van der Waals surface area (Å²) < 4.78 is 103. The summed E-state index contributed by atoms with van der Waals surface area (Å²) in [4.78, 5) is 10.1. The van der Waals surface area contributed by atoms with E-state index >= 15 is 0 Å². The van der Waals surface area contributed by atoms with Crippen molar-refractivity contribution in [1.82, 2.24) is 9.78 Å². The normalized spacial score (nSPS) is 12.5. The van der Waals surface area contributed by atoms with Gasteiger partial charge < -0.3 is 0 Å². The molecule has 0 radical (unpaired) electrons. The molecule has 2 rings (SSSR count). The molecule has 0 N–H and O–H groups in total. The Labute approximate surface area is 180 Å². The van der Waals surface area contributed by atoms with E-state index in [1.807, 2.05) is 0 Å². The number of rotatable bonds is 4. The minimum absolute atomic E-state index is 0.270. The summed E-state index contributed by atoms with van der Waals surface area (Å²) in [6.07, 6.45) is -4.90. The molecule has 1 heterocycles. The van der Waals surface area contributed by atoms with Gasteiger partial charge in [-0.3, -0.25) is 4.79 Å². The highest BCUT2D eigenvalue weighted by Crippen LogP contribution is 2.42. The van der Waals surface area contributed by atoms with Crippen LogP contribution in [-0.4, -0.2) is 29.5 Å². The molecule has 6 nitrogen and oxygen atoms in total. The number of carbonyl (C=O) groups is 1. The first-order chi connectivity index (χ1) is 13.9. The number of aromatic nitrogens is 2. The average Bonchev–Trinajstić information content (AvgIpc) is 2.98. The second-order valence-corrected chi connectivity index (χ2v) is 8.51. The van der Waals surface area contributed by atoms with Crippen molar-refractivity contribution >= 4 is 44.4 Å². The molecule has 31 heavy (non-hydrogen) atoms. The van der Waals surface area contributed by atoms with Gasteiger partial charge in [0.1, 0.15) is 16.7 Å². The quantitative estimate of drug-likeness (QED) is 0.432. The first kappa shape index (κ1) is 24.7. The molecular weight excluding hydrogens is 499 g/mol. The molecule has 0 aliphatic rings. The minimum Gasteiger partial charge on any atom is -0.294 e. The fourth-order valence-corrected chi connectivity index (χ4v) is 4.06. The highest BCUT2D eigenvalue weighted by molar-refractivity contribution is 7.92. The van der Waals surface area contributed by atoms with E-state index in [0.717, 1.165) is 13.0 Å². The Bertz CT molecular complexity index is 1230. The fraction of sp³-hybridized carbons (Fsp3) is 0.188. The zero-order chi connectivity index (χ0) is 24.1. The molecule has 166 valence electrons. The smallest absolute Gasteiger partial charge is 0.294 e. The molecule has 0 atom stereocenters. The van der Waals surface area contributed by atoms with Crippen molar-refractivity contribution in [3.05, 3.63) is 45.7 Å². The third-order valence-corrected chi connectivity index (χ3v) is 5.90. The van der Waals surface area contributed by atoms with Crippen molar-refractivity contribution in [1.29, 1.82) is 5.26 Å². The summed E-state index contributed by atoms with van der Waals surface area (Å²) in [7, 11) is -6.26. The van der Waals surface area contributed by atoms with Gasteiger partial charge in [-0.2, -0.15) is 36.7 Å². The van der Waals surface area contributed by atoms with Crippen molar-refractivity contribution in [3.8, 4) is 11.8 Å². The topological polar surface area (TPSA) is 92.8 Å². The number of carbonyl (C=O) groups excluding carboxylic acids is 1. The summed E-state index contributed by atoms with van der Waals surface area (Å²) in [6.45, 7) is 4.04. The highest BCUT2D eigenvalue weighted by atomic mass is 35.5. The second-order valence-electron chi connectivity index (χ2n) is 5.82. The summed E-state index contributed by atoms with van der Waals surface area (Å²) >= 11 is 11.7. The van der Waals surface area contributed by atoms with Crippen LogP contribution in [0.25, 0.3) is 11.3 Å². The molecular formula is C16H7Cl2F6N3O3S. The van der Waals surface area contributed by atoms with Crippen LogP contribution in [0, 0.1) is 11.3 Å². The van der Waals surface area contributed by atoms with Gasteiger partial charge in [0.15, 0.2) is 11.5 Å². The van der Waals surface area contributed by atoms with Crippen molar-refractivity contribution in [2.24, 2.45) is 0 Å². The lowest BCUT2D eigenvalue weighted by Crippen LogP contribution is -2.25. The Morgan fingerprint density at radius 2 is 1.65 bits per heavy atom. The summed E-state index contributed by atoms with van der Waals surface area (Å²) in [5, 5.41) is 11.0. The van der Waals surface area contributed by atoms with Crippen LogP contribution < -0.4 is 0 Å². The number of nitrogens with zero attached hydrogens (tertiary/aromatic N) is 3. The van der Waals surface area contributed by atoms with Gasteiger partial charge in [0.25, 0.3) is 9.84 Å². The van der Waals surface area contributed by atoms with Gasteiger partial charge in [-0.25, -0.2) is 13.1 Å². The molecule has 15 heteroatoms. The van der Waals surface area contributed by atoms with Gasteiger partial charge in [-0.15, -0.1) is 0 Å². The Morgan fingerprint density at radius 3 is 2.00 bits per heavy atom. The second kappa shape index (κ2) is 7.85. The van der Waals surface area contributed by atoms with Crippen LogP contribution >= 0.6 is 23.2 Å². The van der Waals surface area contributed by atoms with E-state index in [2.05, 4.69) is 11.7 Å². The van der Waals surface area contributed by atoms with Crippen LogP contribution in [-0.2, 0) is 20.8 Å². The van der Waals surface area contributed by atoms with Crippen molar-refractivity contribution in [3.63, 3.8) is 0 Å². The zero-order valence-corrected chi connectivity index (χ0v) is 17.2. The molecule has 0 saturated carbocycles. The van der Waals surface area contributed by atoms with Crippen molar-refractivity contribution in [2.45, 2.75) is 23.5 Å². The average molecular weight is 506 g/mol. The van der Waals surface area contributed by atoms with Gasteiger partial charge in [-0.1, -0.05) is 29.8 Å². The highest BCUT2D eigenvalue weighted by Gasteiger charge is 2.51. The van der Waals surface area contributed by atoms with Gasteiger partial charge >= 0.3 is 11.7 Å². The number of Topliss-reactive ketones (excluding diaryl/α,β-unsaturated/α-hetero) is 1. The standard InChI is InChI=1S/C16H7Cl2F6N3O3S/c1-6(7(2)28)12-14(31(29,30)16(22,23)24)11(5-25)26-27(12)13-9(17)3-8(4-10(13)18)15(19,20)21/h3-4H,1H2,2H3. The van der Waals surface area contributed by atoms with E-state index < -0.39 is 70.5 Å². The molecule has 2 aromatic rings. The Hall–Kier alpha value is -2.56. The molecule has 0 aliphatic carbocycles. The molecule has 0 spiro atoms. The van der Waals surface area contributed by atoms with Crippen LogP contribution in [0.15, 0.2) is 23.6 Å². The van der Waals surface area contributed by atoms with Crippen molar-refractivity contribution < 1.29 is 39.6 Å². The predicted octanol–water partition coefficient (Wildman–Crippen LogP) is 4.97. The van der Waals surface area contributed by atoms with E-state index in [4.69, 9.17) is 28.5 Å². The Kier molecular flexibility index (Phi) is 6.25. The van der Waals surface area contributed by atoms with Crippen LogP contribution in [0.3, 0.4) is 0 Å². The Morgan fingerprint density at radius 1 is 1.16 bits per heavy atom. The SMILES string of the molecule is C=C(C(C)=O)c1c(S(=O)(=O)C(F)(F)F)c(C#N)nn1-c1c(Cl)cc(C(F)(F)F)cc1Cl. The molecule has 0 amide bonds. The first-order valence-corrected chi connectivity index (χ1v) is 9.80. The Balaban J connectivity index is 3.07. The lowest BCUT2D eigenvalue weighted by molar-refractivity contribution is -0.137. The molecule has 0 unspecified atom stereocenters. The molecule has 0 bridgehead atoms. The van der Waals surface area contributed by atoms with Crippen LogP contribution in [0.5, 0.6) is 0 Å². The maximum Gasteiger partial charge on any atom is 0.502 e. The maximum absolute atomic E-state index is 13.2. The van der Waals surface area contributed by atoms with E-state index in [1.165, 1.54) is 0 Å². The fourth-order valence-electron chi connectivity index (χ4n) is 2.37. The molecule has 1 aromatic carbocycles. The van der Waals surface area contributed by atoms with Gasteiger partial charge in [0, 0.05) is 5.57 Å². The van der Waals surface area contributed by atoms with E-state index in [1.54, 1.807) is 0 Å². The van der Waals surface area contributed by atoms with Crippen molar-refractivity contribution in [2.75, 3.05) is 0 Å². The lowest BCUT2D eigenvalue weighted by atomic mass is 10.1. The van der Waals surface area contributed by atoms with Gasteiger partial charge in [0.2, 0.25) is 0 Å². The third kappa shape index (κ3) is 4.28.